The third-order valence-corrected chi connectivity index (χ3v) is 3.58. The first-order valence-electron chi connectivity index (χ1n) is 5.53. The Balaban J connectivity index is 2.20. The topological polar surface area (TPSA) is 97.8 Å². The van der Waals surface area contributed by atoms with E-state index in [9.17, 15) is 5.11 Å². The van der Waals surface area contributed by atoms with Gasteiger partial charge in [0.2, 0.25) is 0 Å². The Morgan fingerprint density at radius 3 is 2.80 bits per heavy atom. The average Bonchev–Trinajstić information content (AvgIpc) is 2.96. The molecule has 6 nitrogen and oxygen atoms in total. The van der Waals surface area contributed by atoms with Crippen molar-refractivity contribution in [3.05, 3.63) is 34.9 Å². The van der Waals surface area contributed by atoms with Crippen LogP contribution >= 0.6 is 22.9 Å². The molecule has 0 atom stereocenters. The van der Waals surface area contributed by atoms with Gasteiger partial charge in [-0.1, -0.05) is 22.9 Å². The molecule has 2 aromatic heterocycles. The first-order valence-corrected chi connectivity index (χ1v) is 6.79. The van der Waals surface area contributed by atoms with Crippen molar-refractivity contribution >= 4 is 28.8 Å². The van der Waals surface area contributed by atoms with Crippen LogP contribution in [0.3, 0.4) is 0 Å². The van der Waals surface area contributed by atoms with Crippen LogP contribution in [-0.2, 0) is 0 Å². The standard InChI is InChI=1S/C12H8ClN5OS/c13-7-3-6(1-2-8(7)19)10-11(12-18-16-5-20-12)17-9(14)4-15-10/h1-5,19H,(H2,14,17). The Morgan fingerprint density at radius 1 is 1.25 bits per heavy atom. The van der Waals surface area contributed by atoms with E-state index in [1.165, 1.54) is 23.6 Å². The number of nitrogen functional groups attached to an aromatic ring is 1. The van der Waals surface area contributed by atoms with Gasteiger partial charge in [0.15, 0.2) is 5.01 Å². The largest absolute Gasteiger partial charge is 0.506 e. The lowest BCUT2D eigenvalue weighted by atomic mass is 10.1. The highest BCUT2D eigenvalue weighted by atomic mass is 35.5. The number of nitrogens with zero attached hydrogens (tertiary/aromatic N) is 4. The molecule has 2 heterocycles. The van der Waals surface area contributed by atoms with Crippen LogP contribution in [0.2, 0.25) is 5.02 Å². The number of benzene rings is 1. The van der Waals surface area contributed by atoms with Gasteiger partial charge in [0.1, 0.15) is 22.8 Å². The van der Waals surface area contributed by atoms with E-state index in [0.29, 0.717) is 27.8 Å². The second kappa shape index (κ2) is 5.03. The molecular formula is C12H8ClN5OS. The SMILES string of the molecule is Nc1cnc(-c2ccc(O)c(Cl)c2)c(-c2nncs2)n1. The zero-order valence-corrected chi connectivity index (χ0v) is 11.6. The predicted octanol–water partition coefficient (Wildman–Crippen LogP) is 2.60. The summed E-state index contributed by atoms with van der Waals surface area (Å²) >= 11 is 7.26. The van der Waals surface area contributed by atoms with Crippen LogP contribution in [0.25, 0.3) is 22.0 Å². The molecule has 0 aliphatic heterocycles. The molecule has 20 heavy (non-hydrogen) atoms. The third kappa shape index (κ3) is 2.28. The summed E-state index contributed by atoms with van der Waals surface area (Å²) in [6, 6.07) is 4.81. The van der Waals surface area contributed by atoms with Crippen LogP contribution in [0, 0.1) is 0 Å². The summed E-state index contributed by atoms with van der Waals surface area (Å²) in [4.78, 5) is 8.55. The maximum Gasteiger partial charge on any atom is 0.168 e. The number of aromatic hydroxyl groups is 1. The molecule has 0 saturated heterocycles. The summed E-state index contributed by atoms with van der Waals surface area (Å²) in [6.45, 7) is 0. The average molecular weight is 306 g/mol. The maximum absolute atomic E-state index is 9.48. The zero-order chi connectivity index (χ0) is 14.1. The predicted molar refractivity (Wildman–Crippen MR) is 77.5 cm³/mol. The number of nitrogens with two attached hydrogens (primary N) is 1. The molecule has 0 bridgehead atoms. The quantitative estimate of drug-likeness (QED) is 0.755. The van der Waals surface area contributed by atoms with Gasteiger partial charge in [-0.15, -0.1) is 10.2 Å². The van der Waals surface area contributed by atoms with Gasteiger partial charge in [0.25, 0.3) is 0 Å². The summed E-state index contributed by atoms with van der Waals surface area (Å²) in [5, 5.41) is 18.1. The van der Waals surface area contributed by atoms with E-state index < -0.39 is 0 Å². The van der Waals surface area contributed by atoms with Gasteiger partial charge in [-0.3, -0.25) is 4.98 Å². The molecule has 3 rings (SSSR count). The summed E-state index contributed by atoms with van der Waals surface area (Å²) in [5.41, 5.74) is 9.12. The highest BCUT2D eigenvalue weighted by Crippen LogP contribution is 2.33. The molecule has 3 N–H and O–H groups in total. The second-order valence-corrected chi connectivity index (χ2v) is 5.14. The van der Waals surface area contributed by atoms with E-state index in [4.69, 9.17) is 17.3 Å². The number of phenolic OH excluding ortho intramolecular Hbond substituents is 1. The minimum Gasteiger partial charge on any atom is -0.506 e. The van der Waals surface area contributed by atoms with E-state index in [1.807, 2.05) is 0 Å². The van der Waals surface area contributed by atoms with Gasteiger partial charge in [-0.2, -0.15) is 0 Å². The van der Waals surface area contributed by atoms with E-state index in [0.717, 1.165) is 0 Å². The van der Waals surface area contributed by atoms with Crippen molar-refractivity contribution in [1.82, 2.24) is 20.2 Å². The Labute approximate surface area is 122 Å². The molecule has 0 aliphatic rings. The van der Waals surface area contributed by atoms with Crippen LogP contribution < -0.4 is 5.73 Å². The van der Waals surface area contributed by atoms with Crippen LogP contribution in [0.1, 0.15) is 0 Å². The van der Waals surface area contributed by atoms with Gasteiger partial charge in [0, 0.05) is 5.56 Å². The first-order chi connectivity index (χ1) is 9.65. The number of aromatic nitrogens is 4. The Hall–Kier alpha value is -2.25. The minimum absolute atomic E-state index is 0.0105. The molecule has 0 amide bonds. The lowest BCUT2D eigenvalue weighted by Crippen LogP contribution is -1.98. The fourth-order valence-corrected chi connectivity index (χ4v) is 2.42. The number of hydrogen-bond acceptors (Lipinski definition) is 7. The van der Waals surface area contributed by atoms with Crippen molar-refractivity contribution in [3.63, 3.8) is 0 Å². The Kier molecular flexibility index (Phi) is 3.21. The van der Waals surface area contributed by atoms with Gasteiger partial charge in [0.05, 0.1) is 16.9 Å². The molecule has 3 aromatic rings. The molecule has 100 valence electrons. The van der Waals surface area contributed by atoms with Crippen LogP contribution in [0.4, 0.5) is 5.82 Å². The lowest BCUT2D eigenvalue weighted by molar-refractivity contribution is 0.475. The lowest BCUT2D eigenvalue weighted by Gasteiger charge is -2.07. The molecule has 0 fully saturated rings. The number of halogens is 1. The van der Waals surface area contributed by atoms with E-state index in [2.05, 4.69) is 20.2 Å². The summed E-state index contributed by atoms with van der Waals surface area (Å²) < 4.78 is 0. The normalized spacial score (nSPS) is 10.7. The van der Waals surface area contributed by atoms with E-state index >= 15 is 0 Å². The molecule has 0 saturated carbocycles. The first kappa shape index (κ1) is 12.8. The zero-order valence-electron chi connectivity index (χ0n) is 9.99. The number of hydrogen-bond donors (Lipinski definition) is 2. The molecule has 0 spiro atoms. The van der Waals surface area contributed by atoms with Crippen molar-refractivity contribution in [2.24, 2.45) is 0 Å². The van der Waals surface area contributed by atoms with Crippen molar-refractivity contribution < 1.29 is 5.11 Å². The van der Waals surface area contributed by atoms with Crippen LogP contribution in [0.15, 0.2) is 29.9 Å². The molecule has 0 unspecified atom stereocenters. The summed E-state index contributed by atoms with van der Waals surface area (Å²) in [5.74, 6) is 0.306. The minimum atomic E-state index is 0.0105. The smallest absolute Gasteiger partial charge is 0.168 e. The fourth-order valence-electron chi connectivity index (χ4n) is 1.69. The maximum atomic E-state index is 9.48. The van der Waals surface area contributed by atoms with Crippen LogP contribution in [0.5, 0.6) is 5.75 Å². The molecule has 0 radical (unpaired) electrons. The van der Waals surface area contributed by atoms with Crippen molar-refractivity contribution in [2.45, 2.75) is 0 Å². The third-order valence-electron chi connectivity index (χ3n) is 2.57. The molecule has 0 aliphatic carbocycles. The van der Waals surface area contributed by atoms with Gasteiger partial charge in [-0.05, 0) is 18.2 Å². The van der Waals surface area contributed by atoms with E-state index in [1.54, 1.807) is 17.6 Å². The number of rotatable bonds is 2. The highest BCUT2D eigenvalue weighted by molar-refractivity contribution is 7.12. The van der Waals surface area contributed by atoms with Crippen molar-refractivity contribution in [3.8, 4) is 27.7 Å². The van der Waals surface area contributed by atoms with Gasteiger partial charge < -0.3 is 10.8 Å². The van der Waals surface area contributed by atoms with Crippen molar-refractivity contribution in [2.75, 3.05) is 5.73 Å². The fraction of sp³-hybridized carbons (Fsp3) is 0. The second-order valence-electron chi connectivity index (χ2n) is 3.90. The van der Waals surface area contributed by atoms with Gasteiger partial charge >= 0.3 is 0 Å². The number of anilines is 1. The number of phenols is 1. The molecule has 8 heteroatoms. The van der Waals surface area contributed by atoms with Crippen molar-refractivity contribution in [1.29, 1.82) is 0 Å². The Bertz CT molecular complexity index is 763. The monoisotopic (exact) mass is 305 g/mol. The molecule has 1 aromatic carbocycles. The summed E-state index contributed by atoms with van der Waals surface area (Å²) in [7, 11) is 0. The van der Waals surface area contributed by atoms with E-state index in [-0.39, 0.29) is 10.8 Å². The Morgan fingerprint density at radius 2 is 2.10 bits per heavy atom. The summed E-state index contributed by atoms with van der Waals surface area (Å²) in [6.07, 6.45) is 1.46. The van der Waals surface area contributed by atoms with Crippen LogP contribution in [-0.4, -0.2) is 25.3 Å². The highest BCUT2D eigenvalue weighted by Gasteiger charge is 2.15. The van der Waals surface area contributed by atoms with Gasteiger partial charge in [-0.25, -0.2) is 4.98 Å². The molecular weight excluding hydrogens is 298 g/mol.